The van der Waals surface area contributed by atoms with Crippen molar-refractivity contribution in [1.29, 1.82) is 0 Å². The zero-order valence-electron chi connectivity index (χ0n) is 11.9. The molecule has 1 fully saturated rings. The number of rotatable bonds is 5. The molecule has 1 heterocycles. The van der Waals surface area contributed by atoms with Crippen LogP contribution in [0.25, 0.3) is 0 Å². The summed E-state index contributed by atoms with van der Waals surface area (Å²) in [6.45, 7) is 4.55. The first-order valence-electron chi connectivity index (χ1n) is 6.84. The van der Waals surface area contributed by atoms with Crippen LogP contribution in [-0.4, -0.2) is 41.9 Å². The van der Waals surface area contributed by atoms with Crippen LogP contribution in [0.2, 0.25) is 0 Å². The minimum absolute atomic E-state index is 0.0642. The minimum Gasteiger partial charge on any atom is -0.492 e. The van der Waals surface area contributed by atoms with Gasteiger partial charge in [0.05, 0.1) is 13.1 Å². The maximum absolute atomic E-state index is 12.0. The summed E-state index contributed by atoms with van der Waals surface area (Å²) >= 11 is 0. The maximum Gasteiger partial charge on any atom is 0.246 e. The molecular formula is C15H20N2O3. The van der Waals surface area contributed by atoms with Crippen molar-refractivity contribution in [3.63, 3.8) is 0 Å². The van der Waals surface area contributed by atoms with Gasteiger partial charge in [-0.1, -0.05) is 25.1 Å². The van der Waals surface area contributed by atoms with Crippen LogP contribution in [0, 0.1) is 0 Å². The van der Waals surface area contributed by atoms with Crippen molar-refractivity contribution in [2.45, 2.75) is 25.8 Å². The molecule has 5 nitrogen and oxygen atoms in total. The first-order chi connectivity index (χ1) is 9.58. The Balaban J connectivity index is 1.99. The van der Waals surface area contributed by atoms with Gasteiger partial charge in [-0.15, -0.1) is 0 Å². The van der Waals surface area contributed by atoms with E-state index >= 15 is 0 Å². The van der Waals surface area contributed by atoms with Crippen molar-refractivity contribution in [3.8, 4) is 5.75 Å². The largest absolute Gasteiger partial charge is 0.492 e. The third kappa shape index (κ3) is 2.76. The topological polar surface area (TPSA) is 58.6 Å². The molecule has 1 atom stereocenters. The number of nitrogens with one attached hydrogen (secondary N) is 1. The third-order valence-electron chi connectivity index (χ3n) is 3.80. The summed E-state index contributed by atoms with van der Waals surface area (Å²) in [4.78, 5) is 25.6. The Labute approximate surface area is 118 Å². The molecule has 1 aromatic carbocycles. The Kier molecular flexibility index (Phi) is 4.27. The van der Waals surface area contributed by atoms with Gasteiger partial charge in [0.2, 0.25) is 11.8 Å². The Bertz CT molecular complexity index is 489. The second-order valence-electron chi connectivity index (χ2n) is 5.02. The summed E-state index contributed by atoms with van der Waals surface area (Å²) < 4.78 is 5.60. The molecule has 5 heteroatoms. The van der Waals surface area contributed by atoms with Crippen LogP contribution in [0.5, 0.6) is 5.75 Å². The zero-order valence-corrected chi connectivity index (χ0v) is 11.9. The molecule has 0 saturated carbocycles. The van der Waals surface area contributed by atoms with Gasteiger partial charge in [-0.2, -0.15) is 0 Å². The van der Waals surface area contributed by atoms with Crippen molar-refractivity contribution in [2.24, 2.45) is 0 Å². The monoisotopic (exact) mass is 276 g/mol. The molecule has 1 unspecified atom stereocenters. The van der Waals surface area contributed by atoms with Gasteiger partial charge >= 0.3 is 0 Å². The Morgan fingerprint density at radius 1 is 1.30 bits per heavy atom. The summed E-state index contributed by atoms with van der Waals surface area (Å²) in [6, 6.07) is 9.43. The Morgan fingerprint density at radius 2 is 2.00 bits per heavy atom. The van der Waals surface area contributed by atoms with Gasteiger partial charge in [-0.25, -0.2) is 0 Å². The maximum atomic E-state index is 12.0. The van der Waals surface area contributed by atoms with Gasteiger partial charge in [0, 0.05) is 0 Å². The van der Waals surface area contributed by atoms with E-state index < -0.39 is 5.54 Å². The summed E-state index contributed by atoms with van der Waals surface area (Å²) in [5, 5.41) is 2.64. The number of para-hydroxylation sites is 1. The summed E-state index contributed by atoms with van der Waals surface area (Å²) in [7, 11) is 0. The van der Waals surface area contributed by atoms with E-state index in [0.717, 1.165) is 5.75 Å². The van der Waals surface area contributed by atoms with Crippen molar-refractivity contribution < 1.29 is 14.3 Å². The lowest BCUT2D eigenvalue weighted by atomic mass is 9.93. The van der Waals surface area contributed by atoms with E-state index in [1.807, 2.05) is 37.3 Å². The fraction of sp³-hybridized carbons (Fsp3) is 0.467. The normalized spacial score (nSPS) is 22.6. The minimum atomic E-state index is -0.782. The lowest BCUT2D eigenvalue weighted by molar-refractivity contribution is -0.153. The van der Waals surface area contributed by atoms with Crippen molar-refractivity contribution in [3.05, 3.63) is 30.3 Å². The summed E-state index contributed by atoms with van der Waals surface area (Å²) in [5.74, 6) is 0.601. The van der Waals surface area contributed by atoms with Gasteiger partial charge in [0.25, 0.3) is 0 Å². The number of ether oxygens (including phenoxy) is 1. The highest BCUT2D eigenvalue weighted by atomic mass is 16.5. The highest BCUT2D eigenvalue weighted by molar-refractivity contribution is 5.97. The Hall–Kier alpha value is -2.04. The average molecular weight is 276 g/mol. The van der Waals surface area contributed by atoms with E-state index in [2.05, 4.69) is 5.32 Å². The van der Waals surface area contributed by atoms with Crippen LogP contribution in [0.3, 0.4) is 0 Å². The number of hydrogen-bond donors (Lipinski definition) is 1. The molecule has 2 rings (SSSR count). The molecule has 20 heavy (non-hydrogen) atoms. The molecule has 0 spiro atoms. The van der Waals surface area contributed by atoms with Crippen LogP contribution in [-0.2, 0) is 9.59 Å². The molecule has 0 aliphatic carbocycles. The van der Waals surface area contributed by atoms with Crippen LogP contribution in [0.15, 0.2) is 30.3 Å². The second-order valence-corrected chi connectivity index (χ2v) is 5.02. The quantitative estimate of drug-likeness (QED) is 0.879. The van der Waals surface area contributed by atoms with Crippen molar-refractivity contribution in [1.82, 2.24) is 10.2 Å². The highest BCUT2D eigenvalue weighted by Crippen LogP contribution is 2.22. The molecule has 1 saturated heterocycles. The Morgan fingerprint density at radius 3 is 2.65 bits per heavy atom. The lowest BCUT2D eigenvalue weighted by Crippen LogP contribution is -2.66. The predicted octanol–water partition coefficient (Wildman–Crippen LogP) is 1.19. The van der Waals surface area contributed by atoms with Crippen LogP contribution >= 0.6 is 0 Å². The fourth-order valence-electron chi connectivity index (χ4n) is 2.33. The number of amides is 2. The summed E-state index contributed by atoms with van der Waals surface area (Å²) in [6.07, 6.45) is 0.579. The number of nitrogens with zero attached hydrogens (tertiary/aromatic N) is 1. The van der Waals surface area contributed by atoms with Crippen LogP contribution in [0.4, 0.5) is 0 Å². The number of benzene rings is 1. The number of piperazine rings is 1. The molecule has 2 amide bonds. The SMILES string of the molecule is CCC1(C)C(=O)NCC(=O)N1CCOc1ccccc1. The van der Waals surface area contributed by atoms with Gasteiger partial charge in [-0.3, -0.25) is 9.59 Å². The molecule has 0 bridgehead atoms. The highest BCUT2D eigenvalue weighted by Gasteiger charge is 2.43. The van der Waals surface area contributed by atoms with E-state index in [1.54, 1.807) is 11.8 Å². The van der Waals surface area contributed by atoms with Gasteiger partial charge in [0.1, 0.15) is 17.9 Å². The van der Waals surface area contributed by atoms with E-state index in [9.17, 15) is 9.59 Å². The molecule has 0 aromatic heterocycles. The van der Waals surface area contributed by atoms with E-state index in [-0.39, 0.29) is 18.4 Å². The molecule has 1 N–H and O–H groups in total. The van der Waals surface area contributed by atoms with Crippen molar-refractivity contribution in [2.75, 3.05) is 19.7 Å². The molecule has 1 aromatic rings. The van der Waals surface area contributed by atoms with Crippen LogP contribution < -0.4 is 10.1 Å². The van der Waals surface area contributed by atoms with Crippen molar-refractivity contribution >= 4 is 11.8 Å². The summed E-state index contributed by atoms with van der Waals surface area (Å²) in [5.41, 5.74) is -0.782. The van der Waals surface area contributed by atoms with Gasteiger partial charge in [0.15, 0.2) is 0 Å². The molecule has 1 aliphatic rings. The molecule has 0 radical (unpaired) electrons. The third-order valence-corrected chi connectivity index (χ3v) is 3.80. The van der Waals surface area contributed by atoms with E-state index in [0.29, 0.717) is 19.6 Å². The standard InChI is InChI=1S/C15H20N2O3/c1-3-15(2)14(19)16-11-13(18)17(15)9-10-20-12-7-5-4-6-8-12/h4-8H,3,9-11H2,1-2H3,(H,16,19). The van der Waals surface area contributed by atoms with E-state index in [4.69, 9.17) is 4.74 Å². The zero-order chi connectivity index (χ0) is 14.6. The number of hydrogen-bond acceptors (Lipinski definition) is 3. The second kappa shape index (κ2) is 5.94. The van der Waals surface area contributed by atoms with Crippen LogP contribution in [0.1, 0.15) is 20.3 Å². The molecule has 1 aliphatic heterocycles. The number of carbonyl (C=O) groups excluding carboxylic acids is 2. The van der Waals surface area contributed by atoms with Gasteiger partial charge < -0.3 is 15.0 Å². The first kappa shape index (κ1) is 14.4. The lowest BCUT2D eigenvalue weighted by Gasteiger charge is -2.42. The molecular weight excluding hydrogens is 256 g/mol. The predicted molar refractivity (Wildman–Crippen MR) is 75.4 cm³/mol. The van der Waals surface area contributed by atoms with Gasteiger partial charge in [-0.05, 0) is 25.5 Å². The molecule has 108 valence electrons. The number of carbonyl (C=O) groups is 2. The first-order valence-corrected chi connectivity index (χ1v) is 6.84. The average Bonchev–Trinajstić information content (AvgIpc) is 2.48. The van der Waals surface area contributed by atoms with E-state index in [1.165, 1.54) is 0 Å². The fourth-order valence-corrected chi connectivity index (χ4v) is 2.33. The smallest absolute Gasteiger partial charge is 0.246 e.